The van der Waals surface area contributed by atoms with E-state index in [9.17, 15) is 9.59 Å². The van der Waals surface area contributed by atoms with Crippen LogP contribution in [0.4, 0.5) is 4.79 Å². The lowest BCUT2D eigenvalue weighted by atomic mass is 10.00. The summed E-state index contributed by atoms with van der Waals surface area (Å²) in [7, 11) is 3.72. The van der Waals surface area contributed by atoms with Gasteiger partial charge in [-0.05, 0) is 57.2 Å². The van der Waals surface area contributed by atoms with Crippen molar-refractivity contribution in [2.24, 2.45) is 0 Å². The van der Waals surface area contributed by atoms with Crippen LogP contribution >= 0.6 is 0 Å². The first-order valence-corrected chi connectivity index (χ1v) is 9.03. The fourth-order valence-corrected chi connectivity index (χ4v) is 2.89. The van der Waals surface area contributed by atoms with Crippen molar-refractivity contribution in [3.63, 3.8) is 0 Å². The zero-order valence-electron chi connectivity index (χ0n) is 16.3. The molecule has 1 aliphatic carbocycles. The van der Waals surface area contributed by atoms with E-state index in [0.29, 0.717) is 5.69 Å². The molecule has 0 spiro atoms. The van der Waals surface area contributed by atoms with Crippen LogP contribution in [0, 0.1) is 0 Å². The first kappa shape index (κ1) is 19.9. The number of nitrogens with zero attached hydrogens (tertiary/aromatic N) is 2. The van der Waals surface area contributed by atoms with E-state index in [0.717, 1.165) is 36.8 Å². The van der Waals surface area contributed by atoms with Crippen molar-refractivity contribution in [1.29, 1.82) is 0 Å². The number of nitrogens with one attached hydrogen (secondary N) is 1. The maximum Gasteiger partial charge on any atom is 0.408 e. The highest BCUT2D eigenvalue weighted by atomic mass is 16.6. The minimum Gasteiger partial charge on any atom is -0.444 e. The number of hydrogen-bond donors (Lipinski definition) is 1. The fourth-order valence-electron chi connectivity index (χ4n) is 2.89. The molecule has 26 heavy (non-hydrogen) atoms. The van der Waals surface area contributed by atoms with Gasteiger partial charge in [-0.1, -0.05) is 6.42 Å². The summed E-state index contributed by atoms with van der Waals surface area (Å²) in [6.45, 7) is 5.52. The van der Waals surface area contributed by atoms with Gasteiger partial charge in [0.2, 0.25) is 5.78 Å². The number of allylic oxidation sites excluding steroid dienone is 1. The van der Waals surface area contributed by atoms with E-state index in [4.69, 9.17) is 4.74 Å². The van der Waals surface area contributed by atoms with Gasteiger partial charge < -0.3 is 15.0 Å². The number of ketones is 1. The van der Waals surface area contributed by atoms with Gasteiger partial charge in [0.1, 0.15) is 11.3 Å². The molecule has 0 saturated carbocycles. The van der Waals surface area contributed by atoms with Crippen molar-refractivity contribution in [3.05, 3.63) is 41.4 Å². The smallest absolute Gasteiger partial charge is 0.408 e. The van der Waals surface area contributed by atoms with Crippen molar-refractivity contribution >= 4 is 11.9 Å². The van der Waals surface area contributed by atoms with Crippen molar-refractivity contribution in [2.75, 3.05) is 14.1 Å². The van der Waals surface area contributed by atoms with Crippen molar-refractivity contribution < 1.29 is 14.3 Å². The zero-order valence-corrected chi connectivity index (χ0v) is 16.3. The first-order valence-electron chi connectivity index (χ1n) is 9.03. The van der Waals surface area contributed by atoms with E-state index < -0.39 is 11.7 Å². The number of carbonyl (C=O) groups is 2. The highest BCUT2D eigenvalue weighted by Crippen LogP contribution is 2.29. The van der Waals surface area contributed by atoms with Crippen LogP contribution in [0.2, 0.25) is 0 Å². The highest BCUT2D eigenvalue weighted by Gasteiger charge is 2.24. The Hall–Kier alpha value is -2.37. The number of ether oxygens (including phenoxy) is 1. The maximum atomic E-state index is 12.3. The summed E-state index contributed by atoms with van der Waals surface area (Å²) in [6, 6.07) is 1.71. The molecule has 1 heterocycles. The molecule has 0 saturated heterocycles. The van der Waals surface area contributed by atoms with E-state index in [2.05, 4.69) is 10.3 Å². The third-order valence-electron chi connectivity index (χ3n) is 4.06. The van der Waals surface area contributed by atoms with Crippen LogP contribution in [0.3, 0.4) is 0 Å². The molecule has 6 heteroatoms. The van der Waals surface area contributed by atoms with Gasteiger partial charge in [0.05, 0.1) is 6.04 Å². The monoisotopic (exact) mass is 359 g/mol. The van der Waals surface area contributed by atoms with E-state index in [-0.39, 0.29) is 11.8 Å². The summed E-state index contributed by atoms with van der Waals surface area (Å²) in [6.07, 6.45) is 8.25. The van der Waals surface area contributed by atoms with Crippen molar-refractivity contribution in [3.8, 4) is 0 Å². The summed E-state index contributed by atoms with van der Waals surface area (Å²) < 4.78 is 5.37. The van der Waals surface area contributed by atoms with Crippen LogP contribution in [0.15, 0.2) is 24.5 Å². The van der Waals surface area contributed by atoms with Gasteiger partial charge in [0, 0.05) is 32.6 Å². The minimum atomic E-state index is -0.537. The SMILES string of the molecule is CN(C)/C=C/C(=O)c1cc2c(cn1)C(NC(=O)OC(C)(C)C)CCCC2. The molecular weight excluding hydrogens is 330 g/mol. The fraction of sp³-hybridized carbons (Fsp3) is 0.550. The minimum absolute atomic E-state index is 0.123. The Morgan fingerprint density at radius 3 is 2.69 bits per heavy atom. The first-order chi connectivity index (χ1) is 12.2. The molecule has 0 aromatic carbocycles. The molecule has 1 aromatic rings. The van der Waals surface area contributed by atoms with Crippen LogP contribution in [0.5, 0.6) is 0 Å². The van der Waals surface area contributed by atoms with Gasteiger partial charge in [-0.15, -0.1) is 0 Å². The summed E-state index contributed by atoms with van der Waals surface area (Å²) in [5.74, 6) is -0.123. The quantitative estimate of drug-likeness (QED) is 0.505. The lowest BCUT2D eigenvalue weighted by Crippen LogP contribution is -2.35. The van der Waals surface area contributed by atoms with Gasteiger partial charge in [-0.25, -0.2) is 4.79 Å². The third-order valence-corrected chi connectivity index (χ3v) is 4.06. The third kappa shape index (κ3) is 5.86. The molecule has 6 nitrogen and oxygen atoms in total. The molecule has 0 fully saturated rings. The van der Waals surface area contributed by atoms with Gasteiger partial charge in [-0.2, -0.15) is 0 Å². The van der Waals surface area contributed by atoms with Crippen LogP contribution in [0.25, 0.3) is 0 Å². The number of fused-ring (bicyclic) bond motifs is 1. The largest absolute Gasteiger partial charge is 0.444 e. The second-order valence-corrected chi connectivity index (χ2v) is 7.86. The standard InChI is InChI=1S/C20H29N3O3/c1-20(2,3)26-19(25)22-16-9-7-6-8-14-12-17(21-13-15(14)16)18(24)10-11-23(4)5/h10-13,16H,6-9H2,1-5H3,(H,22,25)/b11-10+. The molecule has 142 valence electrons. The molecule has 1 aliphatic rings. The summed E-state index contributed by atoms with van der Waals surface area (Å²) in [5.41, 5.74) is 1.94. The van der Waals surface area contributed by atoms with Gasteiger partial charge in [0.15, 0.2) is 0 Å². The molecule has 1 unspecified atom stereocenters. The van der Waals surface area contributed by atoms with E-state index in [1.807, 2.05) is 45.8 Å². The molecule has 1 atom stereocenters. The summed E-state index contributed by atoms with van der Waals surface area (Å²) >= 11 is 0. The number of hydrogen-bond acceptors (Lipinski definition) is 5. The Morgan fingerprint density at radius 1 is 1.31 bits per heavy atom. The van der Waals surface area contributed by atoms with Crippen LogP contribution in [-0.4, -0.2) is 41.5 Å². The number of rotatable bonds is 4. The number of carbonyl (C=O) groups excluding carboxylic acids is 2. The van der Waals surface area contributed by atoms with Crippen molar-refractivity contribution in [1.82, 2.24) is 15.2 Å². The molecule has 0 radical (unpaired) electrons. The number of pyridine rings is 1. The molecular formula is C20H29N3O3. The number of aryl methyl sites for hydroxylation is 1. The van der Waals surface area contributed by atoms with E-state index >= 15 is 0 Å². The zero-order chi connectivity index (χ0) is 19.3. The van der Waals surface area contributed by atoms with E-state index in [1.165, 1.54) is 6.08 Å². The number of amides is 1. The van der Waals surface area contributed by atoms with Crippen molar-refractivity contribution in [2.45, 2.75) is 58.1 Å². The summed E-state index contributed by atoms with van der Waals surface area (Å²) in [5, 5.41) is 2.95. The Balaban J connectivity index is 2.20. The topological polar surface area (TPSA) is 71.5 Å². The normalized spacial score (nSPS) is 17.3. The Bertz CT molecular complexity index is 690. The predicted octanol–water partition coefficient (Wildman–Crippen LogP) is 3.63. The average Bonchev–Trinajstić information content (AvgIpc) is 2.72. The molecule has 0 aliphatic heterocycles. The van der Waals surface area contributed by atoms with E-state index in [1.54, 1.807) is 12.4 Å². The predicted molar refractivity (Wildman–Crippen MR) is 101 cm³/mol. The van der Waals surface area contributed by atoms with Crippen LogP contribution in [-0.2, 0) is 11.2 Å². The summed E-state index contributed by atoms with van der Waals surface area (Å²) in [4.78, 5) is 30.6. The Labute approximate surface area is 155 Å². The van der Waals surface area contributed by atoms with Gasteiger partial charge in [0.25, 0.3) is 0 Å². The Morgan fingerprint density at radius 2 is 2.04 bits per heavy atom. The van der Waals surface area contributed by atoms with Crippen LogP contribution in [0.1, 0.15) is 67.7 Å². The molecule has 1 N–H and O–H groups in total. The molecule has 2 rings (SSSR count). The lowest BCUT2D eigenvalue weighted by Gasteiger charge is -2.24. The van der Waals surface area contributed by atoms with Gasteiger partial charge >= 0.3 is 6.09 Å². The molecule has 1 aromatic heterocycles. The number of aromatic nitrogens is 1. The maximum absolute atomic E-state index is 12.3. The Kier molecular flexibility index (Phi) is 6.40. The second kappa shape index (κ2) is 8.34. The second-order valence-electron chi connectivity index (χ2n) is 7.86. The molecule has 0 bridgehead atoms. The molecule has 1 amide bonds. The van der Waals surface area contributed by atoms with Gasteiger partial charge in [-0.3, -0.25) is 9.78 Å². The highest BCUT2D eigenvalue weighted by molar-refractivity contribution is 6.03. The lowest BCUT2D eigenvalue weighted by molar-refractivity contribution is 0.0500. The number of alkyl carbamates (subject to hydrolysis) is 1. The van der Waals surface area contributed by atoms with Crippen LogP contribution < -0.4 is 5.32 Å². The average molecular weight is 359 g/mol.